The van der Waals surface area contributed by atoms with E-state index in [1.165, 1.54) is 6.21 Å². The van der Waals surface area contributed by atoms with Crippen molar-refractivity contribution < 1.29 is 5.11 Å². The number of allylic oxidation sites excluding steroid dienone is 3. The van der Waals surface area contributed by atoms with Gasteiger partial charge in [0.2, 0.25) is 0 Å². The van der Waals surface area contributed by atoms with E-state index in [0.29, 0.717) is 5.56 Å². The van der Waals surface area contributed by atoms with Crippen molar-refractivity contribution in [2.24, 2.45) is 10.2 Å². The van der Waals surface area contributed by atoms with Crippen LogP contribution in [0.4, 0.5) is 0 Å². The molecule has 0 saturated heterocycles. The van der Waals surface area contributed by atoms with E-state index < -0.39 is 0 Å². The largest absolute Gasteiger partial charge is 0.507 e. The van der Waals surface area contributed by atoms with E-state index in [1.54, 1.807) is 24.4 Å². The lowest BCUT2D eigenvalue weighted by molar-refractivity contribution is 0.474. The molecular weight excluding hydrogens is 200 g/mol. The molecule has 2 rings (SSSR count). The van der Waals surface area contributed by atoms with Gasteiger partial charge in [0.05, 0.1) is 12.4 Å². The molecule has 0 amide bonds. The minimum absolute atomic E-state index is 0.196. The van der Waals surface area contributed by atoms with Gasteiger partial charge in [0.25, 0.3) is 0 Å². The Morgan fingerprint density at radius 3 is 2.69 bits per heavy atom. The van der Waals surface area contributed by atoms with E-state index in [-0.39, 0.29) is 5.75 Å². The van der Waals surface area contributed by atoms with E-state index >= 15 is 0 Å². The first kappa shape index (κ1) is 10.1. The number of hydrogen-bond acceptors (Lipinski definition) is 3. The molecule has 1 aliphatic rings. The first-order valence-electron chi connectivity index (χ1n) is 4.84. The lowest BCUT2D eigenvalue weighted by Gasteiger charge is -1.94. The molecule has 1 aliphatic carbocycles. The second-order valence-corrected chi connectivity index (χ2v) is 3.17. The molecule has 3 nitrogen and oxygen atoms in total. The Kier molecular flexibility index (Phi) is 3.12. The van der Waals surface area contributed by atoms with Crippen LogP contribution in [0.3, 0.4) is 0 Å². The first-order chi connectivity index (χ1) is 7.86. The number of para-hydroxylation sites is 1. The van der Waals surface area contributed by atoms with Crippen LogP contribution in [0, 0.1) is 0 Å². The summed E-state index contributed by atoms with van der Waals surface area (Å²) >= 11 is 0. The summed E-state index contributed by atoms with van der Waals surface area (Å²) in [5, 5.41) is 17.1. The van der Waals surface area contributed by atoms with Gasteiger partial charge in [-0.15, -0.1) is 5.73 Å². The molecule has 78 valence electrons. The van der Waals surface area contributed by atoms with Crippen LogP contribution in [0.5, 0.6) is 5.75 Å². The van der Waals surface area contributed by atoms with Crippen LogP contribution in [0.25, 0.3) is 0 Å². The molecule has 0 bridgehead atoms. The van der Waals surface area contributed by atoms with Gasteiger partial charge in [0.1, 0.15) is 5.75 Å². The molecule has 0 spiro atoms. The minimum Gasteiger partial charge on any atom is -0.507 e. The van der Waals surface area contributed by atoms with Crippen LogP contribution in [0.2, 0.25) is 0 Å². The van der Waals surface area contributed by atoms with Crippen LogP contribution in [0.15, 0.2) is 64.0 Å². The molecule has 0 fully saturated rings. The second-order valence-electron chi connectivity index (χ2n) is 3.17. The van der Waals surface area contributed by atoms with Crippen LogP contribution in [-0.2, 0) is 0 Å². The van der Waals surface area contributed by atoms with Crippen molar-refractivity contribution >= 4 is 12.4 Å². The highest BCUT2D eigenvalue weighted by molar-refractivity contribution is 5.86. The summed E-state index contributed by atoms with van der Waals surface area (Å²) in [6, 6.07) is 6.96. The maximum Gasteiger partial charge on any atom is 0.124 e. The quantitative estimate of drug-likeness (QED) is 0.465. The van der Waals surface area contributed by atoms with Crippen molar-refractivity contribution in [2.75, 3.05) is 0 Å². The van der Waals surface area contributed by atoms with E-state index in [0.717, 1.165) is 5.57 Å². The standard InChI is InChI=1S/C13H10N2O/c16-13-8-4-3-7-12(13)10-15-14-9-11-5-1-2-6-11/h1-5,7-10,16H/b14-9+,15-10+. The molecule has 0 saturated carbocycles. The summed E-state index contributed by atoms with van der Waals surface area (Å²) in [4.78, 5) is 0. The van der Waals surface area contributed by atoms with Crippen LogP contribution < -0.4 is 0 Å². The maximum atomic E-state index is 9.44. The summed E-state index contributed by atoms with van der Waals surface area (Å²) < 4.78 is 0. The monoisotopic (exact) mass is 210 g/mol. The number of phenolic OH excluding ortho intramolecular Hbond substituents is 1. The SMILES string of the molecule is Oc1ccccc1/C=N/N=C/C1=C=CC=C1. The predicted molar refractivity (Wildman–Crippen MR) is 64.9 cm³/mol. The van der Waals surface area contributed by atoms with E-state index in [4.69, 9.17) is 0 Å². The number of phenols is 1. The number of rotatable bonds is 3. The summed E-state index contributed by atoms with van der Waals surface area (Å²) in [6.45, 7) is 0. The van der Waals surface area contributed by atoms with Crippen molar-refractivity contribution in [3.05, 3.63) is 59.4 Å². The summed E-state index contributed by atoms with van der Waals surface area (Å²) in [6.07, 6.45) is 8.70. The van der Waals surface area contributed by atoms with Crippen molar-refractivity contribution in [2.45, 2.75) is 0 Å². The third-order valence-electron chi connectivity index (χ3n) is 2.02. The Balaban J connectivity index is 2.03. The van der Waals surface area contributed by atoms with Gasteiger partial charge in [0.15, 0.2) is 0 Å². The van der Waals surface area contributed by atoms with Gasteiger partial charge in [-0.3, -0.25) is 0 Å². The third kappa shape index (κ3) is 2.56. The molecule has 0 radical (unpaired) electrons. The highest BCUT2D eigenvalue weighted by Gasteiger charge is 1.93. The normalized spacial score (nSPS) is 14.1. The van der Waals surface area contributed by atoms with E-state index in [9.17, 15) is 5.11 Å². The smallest absolute Gasteiger partial charge is 0.124 e. The second kappa shape index (κ2) is 4.91. The van der Waals surface area contributed by atoms with Crippen LogP contribution in [0.1, 0.15) is 5.56 Å². The Morgan fingerprint density at radius 2 is 1.94 bits per heavy atom. The zero-order valence-electron chi connectivity index (χ0n) is 8.54. The summed E-state index contributed by atoms with van der Waals surface area (Å²) in [5.74, 6) is 0.196. The maximum absolute atomic E-state index is 9.44. The molecule has 0 unspecified atom stereocenters. The van der Waals surface area contributed by atoms with Crippen LogP contribution in [-0.4, -0.2) is 17.5 Å². The highest BCUT2D eigenvalue weighted by atomic mass is 16.3. The fraction of sp³-hybridized carbons (Fsp3) is 0. The predicted octanol–water partition coefficient (Wildman–Crippen LogP) is 2.45. The van der Waals surface area contributed by atoms with Crippen molar-refractivity contribution in [3.8, 4) is 5.75 Å². The van der Waals surface area contributed by atoms with Crippen LogP contribution >= 0.6 is 0 Å². The molecule has 0 heterocycles. The molecular formula is C13H10N2O. The third-order valence-corrected chi connectivity index (χ3v) is 2.02. The van der Waals surface area contributed by atoms with Gasteiger partial charge in [-0.25, -0.2) is 0 Å². The Morgan fingerprint density at radius 1 is 1.12 bits per heavy atom. The Bertz CT molecular complexity index is 533. The van der Waals surface area contributed by atoms with Gasteiger partial charge in [-0.1, -0.05) is 18.2 Å². The molecule has 1 aromatic rings. The Labute approximate surface area is 93.5 Å². The molecule has 0 aromatic heterocycles. The number of hydrogen-bond donors (Lipinski definition) is 1. The van der Waals surface area contributed by atoms with Gasteiger partial charge in [-0.2, -0.15) is 10.2 Å². The lowest BCUT2D eigenvalue weighted by Crippen LogP contribution is -1.80. The summed E-state index contributed by atoms with van der Waals surface area (Å²) in [5.41, 5.74) is 4.50. The number of nitrogens with zero attached hydrogens (tertiary/aromatic N) is 2. The average Bonchev–Trinajstić information content (AvgIpc) is 2.79. The molecule has 16 heavy (non-hydrogen) atoms. The van der Waals surface area contributed by atoms with Gasteiger partial charge >= 0.3 is 0 Å². The molecule has 1 aromatic carbocycles. The number of aromatic hydroxyl groups is 1. The van der Waals surface area contributed by atoms with Crippen molar-refractivity contribution in [1.29, 1.82) is 0 Å². The van der Waals surface area contributed by atoms with Crippen molar-refractivity contribution in [3.63, 3.8) is 0 Å². The molecule has 0 aliphatic heterocycles. The molecule has 0 atom stereocenters. The number of benzene rings is 1. The molecule has 3 heteroatoms. The topological polar surface area (TPSA) is 45.0 Å². The van der Waals surface area contributed by atoms with Gasteiger partial charge < -0.3 is 5.11 Å². The fourth-order valence-electron chi connectivity index (χ4n) is 1.21. The summed E-state index contributed by atoms with van der Waals surface area (Å²) in [7, 11) is 0. The van der Waals surface area contributed by atoms with Gasteiger partial charge in [-0.05, 0) is 24.3 Å². The zero-order valence-corrected chi connectivity index (χ0v) is 8.54. The van der Waals surface area contributed by atoms with E-state index in [1.807, 2.05) is 24.3 Å². The zero-order chi connectivity index (χ0) is 11.2. The highest BCUT2D eigenvalue weighted by Crippen LogP contribution is 2.12. The fourth-order valence-corrected chi connectivity index (χ4v) is 1.21. The first-order valence-corrected chi connectivity index (χ1v) is 4.84. The average molecular weight is 210 g/mol. The van der Waals surface area contributed by atoms with Gasteiger partial charge in [0, 0.05) is 11.1 Å². The van der Waals surface area contributed by atoms with E-state index in [2.05, 4.69) is 15.9 Å². The van der Waals surface area contributed by atoms with Crippen molar-refractivity contribution in [1.82, 2.24) is 0 Å². The minimum atomic E-state index is 0.196. The molecule has 1 N–H and O–H groups in total. The Hall–Kier alpha value is -2.38. The lowest BCUT2D eigenvalue weighted by atomic mass is 10.2.